The Labute approximate surface area is 157 Å². The molecule has 0 saturated heterocycles. The highest BCUT2D eigenvalue weighted by molar-refractivity contribution is 8.00. The van der Waals surface area contributed by atoms with E-state index in [1.807, 2.05) is 58.0 Å². The lowest BCUT2D eigenvalue weighted by Crippen LogP contribution is -2.23. The Balaban J connectivity index is 1.68. The van der Waals surface area contributed by atoms with E-state index in [-0.39, 0.29) is 11.2 Å². The summed E-state index contributed by atoms with van der Waals surface area (Å²) < 4.78 is 5.66. The maximum atomic E-state index is 12.6. The van der Waals surface area contributed by atoms with E-state index in [4.69, 9.17) is 4.42 Å². The number of thioether (sulfide) groups is 1. The summed E-state index contributed by atoms with van der Waals surface area (Å²) in [4.78, 5) is 12.6. The van der Waals surface area contributed by atoms with Crippen LogP contribution in [0.1, 0.15) is 23.6 Å². The normalized spacial score (nSPS) is 12.0. The molecule has 0 spiro atoms. The van der Waals surface area contributed by atoms with Crippen molar-refractivity contribution in [3.05, 3.63) is 59.2 Å². The Morgan fingerprint density at radius 1 is 1.08 bits per heavy atom. The third-order valence-electron chi connectivity index (χ3n) is 4.00. The maximum Gasteiger partial charge on any atom is 0.277 e. The smallest absolute Gasteiger partial charge is 0.277 e. The van der Waals surface area contributed by atoms with Crippen LogP contribution in [-0.4, -0.2) is 21.4 Å². The van der Waals surface area contributed by atoms with Crippen LogP contribution in [0.2, 0.25) is 0 Å². The molecule has 0 fully saturated rings. The van der Waals surface area contributed by atoms with Gasteiger partial charge in [0.2, 0.25) is 11.8 Å². The van der Waals surface area contributed by atoms with Gasteiger partial charge >= 0.3 is 0 Å². The summed E-state index contributed by atoms with van der Waals surface area (Å²) in [7, 11) is 0. The lowest BCUT2D eigenvalue weighted by Gasteiger charge is -2.15. The summed E-state index contributed by atoms with van der Waals surface area (Å²) >= 11 is 1.25. The minimum Gasteiger partial charge on any atom is -0.411 e. The van der Waals surface area contributed by atoms with Gasteiger partial charge in [0.15, 0.2) is 0 Å². The minimum atomic E-state index is -0.362. The number of aromatic nitrogens is 2. The Morgan fingerprint density at radius 3 is 2.38 bits per heavy atom. The monoisotopic (exact) mass is 367 g/mol. The van der Waals surface area contributed by atoms with Gasteiger partial charge in [-0.25, -0.2) is 0 Å². The molecule has 0 aliphatic rings. The number of nitrogens with one attached hydrogen (secondary N) is 1. The summed E-state index contributed by atoms with van der Waals surface area (Å²) in [5.74, 6) is 0.357. The van der Waals surface area contributed by atoms with Crippen LogP contribution in [0.15, 0.2) is 52.1 Å². The Bertz CT molecular complexity index is 899. The predicted molar refractivity (Wildman–Crippen MR) is 104 cm³/mol. The Kier molecular flexibility index (Phi) is 5.42. The molecule has 1 aromatic heterocycles. The van der Waals surface area contributed by atoms with Gasteiger partial charge in [0, 0.05) is 11.3 Å². The number of hydrogen-bond acceptors (Lipinski definition) is 5. The number of benzene rings is 2. The van der Waals surface area contributed by atoms with Gasteiger partial charge in [-0.15, -0.1) is 10.2 Å². The van der Waals surface area contributed by atoms with Crippen molar-refractivity contribution >= 4 is 23.4 Å². The van der Waals surface area contributed by atoms with Gasteiger partial charge in [0.05, 0.1) is 5.25 Å². The first-order valence-corrected chi connectivity index (χ1v) is 9.26. The number of rotatable bonds is 5. The SMILES string of the molecule is Cc1cc(C)c(NC(=O)[C@@H](C)Sc2nnc(-c3ccccc3)o2)c(C)c1. The maximum absolute atomic E-state index is 12.6. The van der Waals surface area contributed by atoms with Crippen molar-refractivity contribution in [3.8, 4) is 11.5 Å². The predicted octanol–water partition coefficient (Wildman–Crippen LogP) is 4.78. The molecule has 0 radical (unpaired) electrons. The lowest BCUT2D eigenvalue weighted by molar-refractivity contribution is -0.115. The van der Waals surface area contributed by atoms with Gasteiger partial charge in [-0.3, -0.25) is 4.79 Å². The van der Waals surface area contributed by atoms with E-state index in [2.05, 4.69) is 27.6 Å². The lowest BCUT2D eigenvalue weighted by atomic mass is 10.1. The van der Waals surface area contributed by atoms with Gasteiger partial charge in [0.1, 0.15) is 0 Å². The average molecular weight is 367 g/mol. The van der Waals surface area contributed by atoms with Crippen LogP contribution >= 0.6 is 11.8 Å². The van der Waals surface area contributed by atoms with E-state index in [0.29, 0.717) is 11.1 Å². The van der Waals surface area contributed by atoms with E-state index in [9.17, 15) is 4.79 Å². The first-order valence-electron chi connectivity index (χ1n) is 8.38. The van der Waals surface area contributed by atoms with Gasteiger partial charge in [-0.2, -0.15) is 0 Å². The molecule has 2 aromatic carbocycles. The van der Waals surface area contributed by atoms with E-state index in [1.165, 1.54) is 17.3 Å². The van der Waals surface area contributed by atoms with E-state index in [0.717, 1.165) is 22.4 Å². The summed E-state index contributed by atoms with van der Waals surface area (Å²) in [6.07, 6.45) is 0. The fourth-order valence-electron chi connectivity index (χ4n) is 2.76. The second-order valence-corrected chi connectivity index (χ2v) is 7.55. The second kappa shape index (κ2) is 7.74. The highest BCUT2D eigenvalue weighted by atomic mass is 32.2. The number of hydrogen-bond donors (Lipinski definition) is 1. The first kappa shape index (κ1) is 18.2. The molecule has 5 nitrogen and oxygen atoms in total. The third-order valence-corrected chi connectivity index (χ3v) is 4.93. The van der Waals surface area contributed by atoms with Crippen molar-refractivity contribution in [1.29, 1.82) is 0 Å². The molecule has 0 aliphatic heterocycles. The van der Waals surface area contributed by atoms with E-state index >= 15 is 0 Å². The molecule has 1 N–H and O–H groups in total. The second-order valence-electron chi connectivity index (χ2n) is 6.26. The fourth-order valence-corrected chi connectivity index (χ4v) is 3.44. The quantitative estimate of drug-likeness (QED) is 0.657. The number of carbonyl (C=O) groups is 1. The van der Waals surface area contributed by atoms with Crippen molar-refractivity contribution in [3.63, 3.8) is 0 Å². The largest absolute Gasteiger partial charge is 0.411 e. The van der Waals surface area contributed by atoms with Crippen LogP contribution in [0.3, 0.4) is 0 Å². The van der Waals surface area contributed by atoms with Crippen LogP contribution in [0.5, 0.6) is 0 Å². The van der Waals surface area contributed by atoms with Crippen molar-refractivity contribution in [2.24, 2.45) is 0 Å². The zero-order chi connectivity index (χ0) is 18.7. The minimum absolute atomic E-state index is 0.0930. The molecule has 0 bridgehead atoms. The molecule has 1 atom stereocenters. The van der Waals surface area contributed by atoms with Gasteiger partial charge in [-0.1, -0.05) is 47.7 Å². The molecule has 1 amide bonds. The van der Waals surface area contributed by atoms with Crippen LogP contribution in [0.4, 0.5) is 5.69 Å². The summed E-state index contributed by atoms with van der Waals surface area (Å²) in [6, 6.07) is 13.7. The average Bonchev–Trinajstić information content (AvgIpc) is 3.07. The molecule has 3 aromatic rings. The molecule has 26 heavy (non-hydrogen) atoms. The molecule has 0 saturated carbocycles. The van der Waals surface area contributed by atoms with Gasteiger partial charge in [0.25, 0.3) is 5.22 Å². The van der Waals surface area contributed by atoms with Gasteiger partial charge in [-0.05, 0) is 51.0 Å². The molecular formula is C20H21N3O2S. The Morgan fingerprint density at radius 2 is 1.73 bits per heavy atom. The van der Waals surface area contributed by atoms with Crippen LogP contribution in [0, 0.1) is 20.8 Å². The van der Waals surface area contributed by atoms with Crippen molar-refractivity contribution in [2.75, 3.05) is 5.32 Å². The first-order chi connectivity index (χ1) is 12.4. The van der Waals surface area contributed by atoms with E-state index < -0.39 is 0 Å². The van der Waals surface area contributed by atoms with Gasteiger partial charge < -0.3 is 9.73 Å². The molecular weight excluding hydrogens is 346 g/mol. The zero-order valence-corrected chi connectivity index (χ0v) is 16.1. The number of carbonyl (C=O) groups excluding carboxylic acids is 1. The zero-order valence-electron chi connectivity index (χ0n) is 15.2. The number of amides is 1. The molecule has 1 heterocycles. The fraction of sp³-hybridized carbons (Fsp3) is 0.250. The standard InChI is InChI=1S/C20H21N3O2S/c1-12-10-13(2)17(14(3)11-12)21-18(24)15(4)26-20-23-22-19(25-20)16-8-6-5-7-9-16/h5-11,15H,1-4H3,(H,21,24)/t15-/m1/s1. The van der Waals surface area contributed by atoms with Crippen LogP contribution in [-0.2, 0) is 4.79 Å². The van der Waals surface area contributed by atoms with Crippen LogP contribution < -0.4 is 5.32 Å². The van der Waals surface area contributed by atoms with Crippen molar-refractivity contribution in [1.82, 2.24) is 10.2 Å². The Hall–Kier alpha value is -2.60. The summed E-state index contributed by atoms with van der Waals surface area (Å²) in [5.41, 5.74) is 5.01. The van der Waals surface area contributed by atoms with Crippen molar-refractivity contribution < 1.29 is 9.21 Å². The molecule has 3 rings (SSSR count). The summed E-state index contributed by atoms with van der Waals surface area (Å²) in [6.45, 7) is 7.87. The number of nitrogens with zero attached hydrogens (tertiary/aromatic N) is 2. The molecule has 0 unspecified atom stereocenters. The molecule has 134 valence electrons. The highest BCUT2D eigenvalue weighted by Crippen LogP contribution is 2.28. The van der Waals surface area contributed by atoms with Crippen molar-refractivity contribution in [2.45, 2.75) is 38.2 Å². The molecule has 0 aliphatic carbocycles. The topological polar surface area (TPSA) is 68.0 Å². The van der Waals surface area contributed by atoms with Crippen LogP contribution in [0.25, 0.3) is 11.5 Å². The molecule has 6 heteroatoms. The number of aryl methyl sites for hydroxylation is 3. The number of anilines is 1. The van der Waals surface area contributed by atoms with E-state index in [1.54, 1.807) is 0 Å². The summed E-state index contributed by atoms with van der Waals surface area (Å²) in [5, 5.41) is 11.1. The highest BCUT2D eigenvalue weighted by Gasteiger charge is 2.20. The third kappa shape index (κ3) is 4.14.